The standard InChI is InChI=1S/C19H26N4/c1-5-16-13-19(21-14(2)20-16)23-11-7-10-18(23)15-8-6-9-17(12-15)22(3)4/h6,8-9,12-13,18H,5,7,10-11H2,1-4H3. The molecule has 0 spiro atoms. The summed E-state index contributed by atoms with van der Waals surface area (Å²) in [6.07, 6.45) is 3.34. The molecule has 0 aliphatic carbocycles. The number of rotatable bonds is 4. The Balaban J connectivity index is 1.94. The summed E-state index contributed by atoms with van der Waals surface area (Å²) < 4.78 is 0. The molecule has 2 aromatic rings. The molecule has 1 aliphatic heterocycles. The maximum atomic E-state index is 4.70. The highest BCUT2D eigenvalue weighted by atomic mass is 15.2. The first-order valence-corrected chi connectivity index (χ1v) is 8.47. The molecule has 1 saturated heterocycles. The average molecular weight is 310 g/mol. The van der Waals surface area contributed by atoms with Crippen molar-refractivity contribution in [1.82, 2.24) is 9.97 Å². The molecular formula is C19H26N4. The van der Waals surface area contributed by atoms with E-state index in [1.807, 2.05) is 6.92 Å². The fourth-order valence-electron chi connectivity index (χ4n) is 3.34. The van der Waals surface area contributed by atoms with Crippen LogP contribution in [-0.4, -0.2) is 30.6 Å². The van der Waals surface area contributed by atoms with E-state index in [1.54, 1.807) is 0 Å². The lowest BCUT2D eigenvalue weighted by Gasteiger charge is -2.27. The van der Waals surface area contributed by atoms with Crippen molar-refractivity contribution in [1.29, 1.82) is 0 Å². The third-order valence-corrected chi connectivity index (χ3v) is 4.56. The second-order valence-corrected chi connectivity index (χ2v) is 6.46. The molecule has 23 heavy (non-hydrogen) atoms. The zero-order valence-corrected chi connectivity index (χ0v) is 14.6. The predicted octanol–water partition coefficient (Wildman–Crippen LogP) is 3.75. The van der Waals surface area contributed by atoms with Crippen molar-refractivity contribution in [2.45, 2.75) is 39.2 Å². The summed E-state index contributed by atoms with van der Waals surface area (Å²) in [5.74, 6) is 1.94. The number of hydrogen-bond acceptors (Lipinski definition) is 4. The molecule has 122 valence electrons. The van der Waals surface area contributed by atoms with Crippen molar-refractivity contribution in [3.05, 3.63) is 47.4 Å². The first-order valence-electron chi connectivity index (χ1n) is 8.47. The summed E-state index contributed by atoms with van der Waals surface area (Å²) in [5, 5.41) is 0. The smallest absolute Gasteiger partial charge is 0.133 e. The van der Waals surface area contributed by atoms with Crippen LogP contribution < -0.4 is 9.80 Å². The van der Waals surface area contributed by atoms with E-state index in [9.17, 15) is 0 Å². The minimum absolute atomic E-state index is 0.411. The van der Waals surface area contributed by atoms with E-state index in [0.717, 1.165) is 30.3 Å². The van der Waals surface area contributed by atoms with Gasteiger partial charge < -0.3 is 9.80 Å². The summed E-state index contributed by atoms with van der Waals surface area (Å²) >= 11 is 0. The van der Waals surface area contributed by atoms with Crippen LogP contribution in [0.15, 0.2) is 30.3 Å². The van der Waals surface area contributed by atoms with Gasteiger partial charge in [-0.05, 0) is 43.9 Å². The van der Waals surface area contributed by atoms with Gasteiger partial charge in [-0.3, -0.25) is 0 Å². The molecule has 1 aliphatic rings. The van der Waals surface area contributed by atoms with Crippen LogP contribution in [0.2, 0.25) is 0 Å². The normalized spacial score (nSPS) is 17.6. The first kappa shape index (κ1) is 15.8. The van der Waals surface area contributed by atoms with Crippen molar-refractivity contribution in [2.24, 2.45) is 0 Å². The summed E-state index contributed by atoms with van der Waals surface area (Å²) in [7, 11) is 4.18. The Bertz CT molecular complexity index is 681. The number of nitrogens with zero attached hydrogens (tertiary/aromatic N) is 4. The van der Waals surface area contributed by atoms with Crippen LogP contribution in [0.4, 0.5) is 11.5 Å². The molecule has 1 fully saturated rings. The number of benzene rings is 1. The lowest BCUT2D eigenvalue weighted by Crippen LogP contribution is -2.24. The SMILES string of the molecule is CCc1cc(N2CCCC2c2cccc(N(C)C)c2)nc(C)n1. The monoisotopic (exact) mass is 310 g/mol. The lowest BCUT2D eigenvalue weighted by molar-refractivity contribution is 0.707. The van der Waals surface area contributed by atoms with E-state index in [1.165, 1.54) is 24.1 Å². The molecule has 1 aromatic carbocycles. The minimum atomic E-state index is 0.411. The Kier molecular flexibility index (Phi) is 4.51. The van der Waals surface area contributed by atoms with Gasteiger partial charge in [-0.25, -0.2) is 9.97 Å². The van der Waals surface area contributed by atoms with Gasteiger partial charge in [0.25, 0.3) is 0 Å². The maximum absolute atomic E-state index is 4.70. The van der Waals surface area contributed by atoms with Gasteiger partial charge in [0.2, 0.25) is 0 Å². The van der Waals surface area contributed by atoms with Gasteiger partial charge in [0, 0.05) is 38.1 Å². The molecule has 0 saturated carbocycles. The maximum Gasteiger partial charge on any atom is 0.133 e. The lowest BCUT2D eigenvalue weighted by atomic mass is 10.0. The molecule has 1 unspecified atom stereocenters. The zero-order chi connectivity index (χ0) is 16.4. The molecule has 1 atom stereocenters. The van der Waals surface area contributed by atoms with Crippen molar-refractivity contribution >= 4 is 11.5 Å². The summed E-state index contributed by atoms with van der Waals surface area (Å²) in [6.45, 7) is 5.20. The van der Waals surface area contributed by atoms with Crippen LogP contribution in [0.5, 0.6) is 0 Å². The van der Waals surface area contributed by atoms with Gasteiger partial charge in [0.05, 0.1) is 6.04 Å². The second-order valence-electron chi connectivity index (χ2n) is 6.46. The Labute approximate surface area is 139 Å². The predicted molar refractivity (Wildman–Crippen MR) is 96.2 cm³/mol. The van der Waals surface area contributed by atoms with E-state index >= 15 is 0 Å². The van der Waals surface area contributed by atoms with E-state index in [-0.39, 0.29) is 0 Å². The van der Waals surface area contributed by atoms with Crippen molar-refractivity contribution in [2.75, 3.05) is 30.4 Å². The van der Waals surface area contributed by atoms with Crippen LogP contribution >= 0.6 is 0 Å². The van der Waals surface area contributed by atoms with Gasteiger partial charge in [-0.1, -0.05) is 19.1 Å². The molecule has 4 nitrogen and oxygen atoms in total. The third kappa shape index (κ3) is 3.31. The Morgan fingerprint density at radius 3 is 2.78 bits per heavy atom. The molecule has 0 radical (unpaired) electrons. The van der Waals surface area contributed by atoms with Gasteiger partial charge >= 0.3 is 0 Å². The van der Waals surface area contributed by atoms with E-state index in [2.05, 4.69) is 66.1 Å². The molecule has 2 heterocycles. The van der Waals surface area contributed by atoms with Crippen molar-refractivity contribution in [3.8, 4) is 0 Å². The quantitative estimate of drug-likeness (QED) is 0.861. The van der Waals surface area contributed by atoms with Crippen LogP contribution in [-0.2, 0) is 6.42 Å². The third-order valence-electron chi connectivity index (χ3n) is 4.56. The fraction of sp³-hybridized carbons (Fsp3) is 0.474. The van der Waals surface area contributed by atoms with Gasteiger partial charge in [-0.2, -0.15) is 0 Å². The molecular weight excluding hydrogens is 284 g/mol. The van der Waals surface area contributed by atoms with Crippen LogP contribution in [0.25, 0.3) is 0 Å². The number of aromatic nitrogens is 2. The second kappa shape index (κ2) is 6.57. The Morgan fingerprint density at radius 2 is 2.04 bits per heavy atom. The van der Waals surface area contributed by atoms with E-state index < -0.39 is 0 Å². The number of hydrogen-bond donors (Lipinski definition) is 0. The molecule has 0 bridgehead atoms. The molecule has 4 heteroatoms. The van der Waals surface area contributed by atoms with E-state index in [4.69, 9.17) is 4.98 Å². The molecule has 0 N–H and O–H groups in total. The van der Waals surface area contributed by atoms with Gasteiger partial charge in [0.15, 0.2) is 0 Å². The topological polar surface area (TPSA) is 32.3 Å². The number of aryl methyl sites for hydroxylation is 2. The largest absolute Gasteiger partial charge is 0.378 e. The van der Waals surface area contributed by atoms with Crippen LogP contribution in [0.3, 0.4) is 0 Å². The van der Waals surface area contributed by atoms with Gasteiger partial charge in [-0.15, -0.1) is 0 Å². The highest BCUT2D eigenvalue weighted by molar-refractivity contribution is 5.51. The highest BCUT2D eigenvalue weighted by Crippen LogP contribution is 2.36. The summed E-state index contributed by atoms with van der Waals surface area (Å²) in [4.78, 5) is 13.8. The zero-order valence-electron chi connectivity index (χ0n) is 14.6. The minimum Gasteiger partial charge on any atom is -0.378 e. The van der Waals surface area contributed by atoms with E-state index in [0.29, 0.717) is 6.04 Å². The highest BCUT2D eigenvalue weighted by Gasteiger charge is 2.27. The summed E-state index contributed by atoms with van der Waals surface area (Å²) in [6, 6.07) is 11.4. The average Bonchev–Trinajstić information content (AvgIpc) is 3.04. The molecule has 0 amide bonds. The van der Waals surface area contributed by atoms with Crippen LogP contribution in [0.1, 0.15) is 42.9 Å². The Hall–Kier alpha value is -2.10. The molecule has 3 rings (SSSR count). The van der Waals surface area contributed by atoms with Gasteiger partial charge in [0.1, 0.15) is 11.6 Å². The molecule has 1 aromatic heterocycles. The fourth-order valence-corrected chi connectivity index (χ4v) is 3.34. The Morgan fingerprint density at radius 1 is 1.22 bits per heavy atom. The van der Waals surface area contributed by atoms with Crippen molar-refractivity contribution < 1.29 is 0 Å². The number of anilines is 2. The summed E-state index contributed by atoms with van der Waals surface area (Å²) in [5.41, 5.74) is 3.76. The van der Waals surface area contributed by atoms with Crippen molar-refractivity contribution in [3.63, 3.8) is 0 Å². The van der Waals surface area contributed by atoms with Crippen LogP contribution in [0, 0.1) is 6.92 Å². The first-order chi connectivity index (χ1) is 11.1.